The predicted octanol–water partition coefficient (Wildman–Crippen LogP) is 7.47. The van der Waals surface area contributed by atoms with Crippen molar-refractivity contribution < 1.29 is 0 Å². The Morgan fingerprint density at radius 1 is 0.382 bits per heavy atom. The molecule has 0 aliphatic heterocycles. The van der Waals surface area contributed by atoms with Gasteiger partial charge >= 0.3 is 0 Å². The van der Waals surface area contributed by atoms with Crippen molar-refractivity contribution >= 4 is 43.1 Å². The minimum absolute atomic E-state index is 0.277. The number of rotatable bonds is 2. The Morgan fingerprint density at radius 2 is 1.00 bits per heavy atom. The fourth-order valence-corrected chi connectivity index (χ4v) is 5.64. The average Bonchev–Trinajstić information content (AvgIpc) is 2.89. The molecule has 0 spiro atoms. The fraction of sp³-hybridized carbons (Fsp3) is 0. The van der Waals surface area contributed by atoms with E-state index >= 15 is 0 Å². The lowest BCUT2D eigenvalue weighted by Crippen LogP contribution is -2.27. The van der Waals surface area contributed by atoms with E-state index in [2.05, 4.69) is 72.8 Å². The zero-order valence-corrected chi connectivity index (χ0v) is 18.4. The summed E-state index contributed by atoms with van der Waals surface area (Å²) in [7, 11) is 0. The molecule has 0 fully saturated rings. The first-order chi connectivity index (χ1) is 16.7. The molecular formula is C32H20N2. The van der Waals surface area contributed by atoms with Gasteiger partial charge in [-0.2, -0.15) is 0 Å². The third-order valence-electron chi connectivity index (χ3n) is 7.07. The lowest BCUT2D eigenvalue weighted by molar-refractivity contribution is 1.17. The van der Waals surface area contributed by atoms with Crippen LogP contribution >= 0.6 is 0 Å². The van der Waals surface area contributed by atoms with Crippen molar-refractivity contribution in [2.75, 3.05) is 0 Å². The summed E-state index contributed by atoms with van der Waals surface area (Å²) in [6.45, 7) is 0. The second kappa shape index (κ2) is 6.97. The molecule has 0 aromatic heterocycles. The molecule has 0 amide bonds. The molecule has 0 saturated heterocycles. The molecule has 0 bridgehead atoms. The van der Waals surface area contributed by atoms with Gasteiger partial charge in [0.25, 0.3) is 0 Å². The van der Waals surface area contributed by atoms with Crippen molar-refractivity contribution in [2.24, 2.45) is 0 Å². The van der Waals surface area contributed by atoms with E-state index < -0.39 is 0 Å². The van der Waals surface area contributed by atoms with E-state index in [0.717, 1.165) is 49.2 Å². The van der Waals surface area contributed by atoms with Crippen LogP contribution in [0.25, 0.3) is 65.3 Å². The third-order valence-corrected chi connectivity index (χ3v) is 7.07. The fourth-order valence-electron chi connectivity index (χ4n) is 5.64. The average molecular weight is 433 g/mol. The van der Waals surface area contributed by atoms with Crippen molar-refractivity contribution in [3.05, 3.63) is 120 Å². The van der Waals surface area contributed by atoms with Crippen LogP contribution in [0.15, 0.2) is 109 Å². The van der Waals surface area contributed by atoms with Gasteiger partial charge in [-0.05, 0) is 43.6 Å². The van der Waals surface area contributed by atoms with Gasteiger partial charge in [-0.1, -0.05) is 109 Å². The van der Waals surface area contributed by atoms with Gasteiger partial charge in [-0.25, -0.2) is 0 Å². The largest absolute Gasteiger partial charge is 0.298 e. The van der Waals surface area contributed by atoms with Crippen LogP contribution in [0.4, 0.5) is 0 Å². The summed E-state index contributed by atoms with van der Waals surface area (Å²) in [5, 5.41) is 27.7. The second-order valence-electron chi connectivity index (χ2n) is 8.85. The quantitative estimate of drug-likeness (QED) is 0.210. The van der Waals surface area contributed by atoms with Crippen molar-refractivity contribution in [1.82, 2.24) is 0 Å². The monoisotopic (exact) mass is 432 g/mol. The maximum Gasteiger partial charge on any atom is 0.0880 e. The van der Waals surface area contributed by atoms with E-state index in [1.807, 2.05) is 36.4 Å². The molecule has 0 saturated carbocycles. The zero-order chi connectivity index (χ0) is 22.8. The Labute approximate surface area is 196 Å². The van der Waals surface area contributed by atoms with E-state index in [9.17, 15) is 10.8 Å². The normalized spacial score (nSPS) is 11.8. The van der Waals surface area contributed by atoms with Gasteiger partial charge in [0.15, 0.2) is 0 Å². The number of nitrogens with one attached hydrogen (secondary N) is 2. The predicted molar refractivity (Wildman–Crippen MR) is 141 cm³/mol. The van der Waals surface area contributed by atoms with Crippen LogP contribution in [0, 0.1) is 10.8 Å². The van der Waals surface area contributed by atoms with Crippen LogP contribution in [0.5, 0.6) is 0 Å². The minimum Gasteiger partial charge on any atom is -0.298 e. The Hall–Kier alpha value is -4.56. The number of hydrogen-bond acceptors (Lipinski definition) is 2. The minimum atomic E-state index is 0.277. The second-order valence-corrected chi connectivity index (χ2v) is 8.85. The van der Waals surface area contributed by atoms with Crippen LogP contribution in [0.3, 0.4) is 0 Å². The topological polar surface area (TPSA) is 47.7 Å². The van der Waals surface area contributed by atoms with Gasteiger partial charge < -0.3 is 0 Å². The third kappa shape index (κ3) is 2.45. The summed E-state index contributed by atoms with van der Waals surface area (Å²) in [6, 6.07) is 37.6. The van der Waals surface area contributed by atoms with E-state index in [0.29, 0.717) is 5.36 Å². The summed E-state index contributed by atoms with van der Waals surface area (Å²) in [5.74, 6) is 0. The van der Waals surface area contributed by atoms with Crippen molar-refractivity contribution in [3.63, 3.8) is 0 Å². The van der Waals surface area contributed by atoms with Gasteiger partial charge in [0.2, 0.25) is 0 Å². The van der Waals surface area contributed by atoms with Crippen LogP contribution in [-0.4, -0.2) is 0 Å². The Balaban J connectivity index is 1.86. The van der Waals surface area contributed by atoms with Crippen LogP contribution in [-0.2, 0) is 0 Å². The highest BCUT2D eigenvalue weighted by molar-refractivity contribution is 6.35. The molecule has 158 valence electrons. The van der Waals surface area contributed by atoms with Crippen LogP contribution < -0.4 is 10.7 Å². The molecule has 2 heteroatoms. The highest BCUT2D eigenvalue weighted by Gasteiger charge is 2.21. The van der Waals surface area contributed by atoms with E-state index in [-0.39, 0.29) is 5.36 Å². The highest BCUT2D eigenvalue weighted by atomic mass is 14.5. The number of hydrogen-bond donors (Lipinski definition) is 2. The molecule has 0 aliphatic rings. The molecule has 0 atom stereocenters. The van der Waals surface area contributed by atoms with Gasteiger partial charge in [0.05, 0.1) is 10.7 Å². The smallest absolute Gasteiger partial charge is 0.0880 e. The molecule has 34 heavy (non-hydrogen) atoms. The number of fused-ring (bicyclic) bond motifs is 2. The Bertz CT molecular complexity index is 1970. The molecule has 0 unspecified atom stereocenters. The Morgan fingerprint density at radius 3 is 1.71 bits per heavy atom. The lowest BCUT2D eigenvalue weighted by Gasteiger charge is -2.19. The first-order valence-corrected chi connectivity index (χ1v) is 11.5. The molecule has 0 aliphatic carbocycles. The summed E-state index contributed by atoms with van der Waals surface area (Å²) >= 11 is 0. The first kappa shape index (κ1) is 19.0. The van der Waals surface area contributed by atoms with Crippen LogP contribution in [0.2, 0.25) is 0 Å². The standard InChI is InChI=1S/C32H20N2/c33-31-27(21-11-5-2-6-12-21)28-22(19-9-3-1-4-10-19)17-18-24-23-15-7-13-20-14-8-16-25(26(20)23)30(29(24)28)32(31)34/h1-18,33-34H. The van der Waals surface area contributed by atoms with Crippen molar-refractivity contribution in [3.8, 4) is 22.3 Å². The molecule has 7 rings (SSSR count). The highest BCUT2D eigenvalue weighted by Crippen LogP contribution is 2.44. The van der Waals surface area contributed by atoms with Gasteiger partial charge in [-0.3, -0.25) is 10.8 Å². The van der Waals surface area contributed by atoms with E-state index in [1.54, 1.807) is 0 Å². The SMILES string of the molecule is N=c1c(-c2ccccc2)c2c(-c3ccccc3)ccc3c4cccc5cccc(c(c1=N)c23)c54. The summed E-state index contributed by atoms with van der Waals surface area (Å²) < 4.78 is 0. The molecule has 0 radical (unpaired) electrons. The summed E-state index contributed by atoms with van der Waals surface area (Å²) in [5.41, 5.74) is 4.02. The molecule has 0 heterocycles. The van der Waals surface area contributed by atoms with Crippen molar-refractivity contribution in [1.29, 1.82) is 10.8 Å². The zero-order valence-electron chi connectivity index (χ0n) is 18.4. The molecule has 7 aromatic carbocycles. The first-order valence-electron chi connectivity index (χ1n) is 11.5. The molecule has 2 nitrogen and oxygen atoms in total. The molecule has 2 N–H and O–H groups in total. The Kier molecular flexibility index (Phi) is 3.88. The van der Waals surface area contributed by atoms with Crippen LogP contribution in [0.1, 0.15) is 0 Å². The summed E-state index contributed by atoms with van der Waals surface area (Å²) in [6.07, 6.45) is 0. The van der Waals surface area contributed by atoms with Gasteiger partial charge in [-0.15, -0.1) is 0 Å². The summed E-state index contributed by atoms with van der Waals surface area (Å²) in [4.78, 5) is 0. The van der Waals surface area contributed by atoms with Crippen molar-refractivity contribution in [2.45, 2.75) is 0 Å². The molecule has 7 aromatic rings. The van der Waals surface area contributed by atoms with E-state index in [1.165, 1.54) is 16.2 Å². The van der Waals surface area contributed by atoms with Gasteiger partial charge in [0, 0.05) is 21.7 Å². The van der Waals surface area contributed by atoms with E-state index in [4.69, 9.17) is 0 Å². The number of benzene rings is 7. The molecular weight excluding hydrogens is 412 g/mol. The van der Waals surface area contributed by atoms with Gasteiger partial charge in [0.1, 0.15) is 0 Å². The lowest BCUT2D eigenvalue weighted by atomic mass is 9.83. The maximum absolute atomic E-state index is 9.20. The maximum atomic E-state index is 9.20.